The molecule has 1 aliphatic carbocycles. The molecule has 5 heteroatoms. The van der Waals surface area contributed by atoms with Crippen molar-refractivity contribution in [1.82, 2.24) is 0 Å². The normalized spacial score (nSPS) is 19.3. The van der Waals surface area contributed by atoms with E-state index in [1.807, 2.05) is 71.6 Å². The van der Waals surface area contributed by atoms with Crippen molar-refractivity contribution in [2.45, 2.75) is 32.1 Å². The van der Waals surface area contributed by atoms with Gasteiger partial charge < -0.3 is 16.0 Å². The molecule has 2 aliphatic rings. The summed E-state index contributed by atoms with van der Waals surface area (Å²) in [7, 11) is 0. The van der Waals surface area contributed by atoms with Crippen molar-refractivity contribution >= 4 is 23.2 Å². The molecule has 0 aromatic heterocycles. The van der Waals surface area contributed by atoms with Gasteiger partial charge in [0.1, 0.15) is 0 Å². The van der Waals surface area contributed by atoms with Crippen LogP contribution in [0.15, 0.2) is 115 Å². The van der Waals surface area contributed by atoms with Crippen molar-refractivity contribution in [2.75, 3.05) is 16.8 Å². The Kier molecular flexibility index (Phi) is 6.95. The van der Waals surface area contributed by atoms with Crippen molar-refractivity contribution in [3.05, 3.63) is 132 Å². The van der Waals surface area contributed by atoms with Gasteiger partial charge in [0, 0.05) is 29.0 Å². The summed E-state index contributed by atoms with van der Waals surface area (Å²) < 4.78 is 0. The van der Waals surface area contributed by atoms with Crippen LogP contribution in [0, 0.1) is 5.41 Å². The Labute approximate surface area is 235 Å². The minimum absolute atomic E-state index is 0.0318. The Morgan fingerprint density at radius 3 is 2.35 bits per heavy atom. The molecule has 4 aromatic carbocycles. The van der Waals surface area contributed by atoms with E-state index in [-0.39, 0.29) is 17.2 Å². The zero-order valence-electron chi connectivity index (χ0n) is 22.5. The highest BCUT2D eigenvalue weighted by Gasteiger charge is 2.41. The van der Waals surface area contributed by atoms with Crippen molar-refractivity contribution < 1.29 is 9.59 Å². The first kappa shape index (κ1) is 25.6. The van der Waals surface area contributed by atoms with Gasteiger partial charge in [-0.15, -0.1) is 0 Å². The Hall–Kier alpha value is -4.64. The second-order valence-electron chi connectivity index (χ2n) is 10.8. The summed E-state index contributed by atoms with van der Waals surface area (Å²) in [5.41, 5.74) is 13.3. The minimum atomic E-state index is -0.189. The van der Waals surface area contributed by atoms with Crippen molar-refractivity contribution in [1.29, 1.82) is 0 Å². The predicted molar refractivity (Wildman–Crippen MR) is 161 cm³/mol. The first-order valence-corrected chi connectivity index (χ1v) is 13.9. The van der Waals surface area contributed by atoms with Crippen LogP contribution in [0.2, 0.25) is 0 Å². The van der Waals surface area contributed by atoms with Crippen LogP contribution in [-0.2, 0) is 6.42 Å². The highest BCUT2D eigenvalue weighted by molar-refractivity contribution is 6.09. The number of amides is 2. The van der Waals surface area contributed by atoms with E-state index in [4.69, 9.17) is 5.73 Å². The SMILES string of the molecule is NC=C1CCCC12CCN(C(=O)c1ccc(NC(=O)c3ccccc3-c3ccccc3)cc1)c1ccccc1C2. The maximum atomic E-state index is 13.8. The highest BCUT2D eigenvalue weighted by Crippen LogP contribution is 2.50. The second-order valence-corrected chi connectivity index (χ2v) is 10.8. The zero-order chi connectivity index (χ0) is 27.5. The fraction of sp³-hybridized carbons (Fsp3) is 0.200. The van der Waals surface area contributed by atoms with Crippen molar-refractivity contribution in [3.8, 4) is 11.1 Å². The summed E-state index contributed by atoms with van der Waals surface area (Å²) in [4.78, 5) is 29.0. The molecule has 1 atom stereocenters. The van der Waals surface area contributed by atoms with Crippen LogP contribution in [-0.4, -0.2) is 18.4 Å². The van der Waals surface area contributed by atoms with Crippen LogP contribution in [0.3, 0.4) is 0 Å². The number of fused-ring (bicyclic) bond motifs is 1. The average Bonchev–Trinajstić information content (AvgIpc) is 3.32. The van der Waals surface area contributed by atoms with Gasteiger partial charge in [-0.1, -0.05) is 66.7 Å². The molecule has 0 radical (unpaired) electrons. The zero-order valence-corrected chi connectivity index (χ0v) is 22.5. The first-order valence-electron chi connectivity index (χ1n) is 13.9. The molecular formula is C35H33N3O2. The Bertz CT molecular complexity index is 1580. The van der Waals surface area contributed by atoms with Gasteiger partial charge in [-0.2, -0.15) is 0 Å². The quantitative estimate of drug-likeness (QED) is 0.294. The number of benzene rings is 4. The summed E-state index contributed by atoms with van der Waals surface area (Å²) in [5.74, 6) is -0.223. The van der Waals surface area contributed by atoms with Crippen LogP contribution in [0.25, 0.3) is 11.1 Å². The summed E-state index contributed by atoms with van der Waals surface area (Å²) in [5, 5.41) is 3.00. The van der Waals surface area contributed by atoms with Gasteiger partial charge in [-0.05, 0) is 102 Å². The molecule has 0 bridgehead atoms. The van der Waals surface area contributed by atoms with E-state index in [0.717, 1.165) is 48.9 Å². The maximum Gasteiger partial charge on any atom is 0.258 e. The molecular weight excluding hydrogens is 494 g/mol. The van der Waals surface area contributed by atoms with Crippen LogP contribution in [0.5, 0.6) is 0 Å². The van der Waals surface area contributed by atoms with E-state index in [1.54, 1.807) is 30.5 Å². The molecule has 1 spiro atoms. The van der Waals surface area contributed by atoms with Crippen LogP contribution < -0.4 is 16.0 Å². The molecule has 200 valence electrons. The van der Waals surface area contributed by atoms with Gasteiger partial charge in [0.2, 0.25) is 0 Å². The highest BCUT2D eigenvalue weighted by atomic mass is 16.2. The second kappa shape index (κ2) is 10.9. The number of hydrogen-bond acceptors (Lipinski definition) is 3. The number of rotatable bonds is 4. The molecule has 1 aliphatic heterocycles. The fourth-order valence-corrected chi connectivity index (χ4v) is 6.43. The van der Waals surface area contributed by atoms with E-state index in [0.29, 0.717) is 23.4 Å². The lowest BCUT2D eigenvalue weighted by atomic mass is 9.75. The Balaban J connectivity index is 1.22. The van der Waals surface area contributed by atoms with E-state index in [2.05, 4.69) is 17.4 Å². The monoisotopic (exact) mass is 527 g/mol. The van der Waals surface area contributed by atoms with E-state index < -0.39 is 0 Å². The lowest BCUT2D eigenvalue weighted by Crippen LogP contribution is -2.33. The number of carbonyl (C=O) groups excluding carboxylic acids is 2. The molecule has 1 unspecified atom stereocenters. The number of anilines is 2. The maximum absolute atomic E-state index is 13.8. The summed E-state index contributed by atoms with van der Waals surface area (Å²) in [6.07, 6.45) is 6.89. The third-order valence-electron chi connectivity index (χ3n) is 8.50. The predicted octanol–water partition coefficient (Wildman–Crippen LogP) is 7.21. The van der Waals surface area contributed by atoms with Gasteiger partial charge in [0.15, 0.2) is 0 Å². The molecule has 2 amide bonds. The lowest BCUT2D eigenvalue weighted by molar-refractivity contribution is 0.0984. The molecule has 4 aromatic rings. The molecule has 1 fully saturated rings. The number of nitrogens with zero attached hydrogens (tertiary/aromatic N) is 1. The number of nitrogens with two attached hydrogens (primary N) is 1. The van der Waals surface area contributed by atoms with Gasteiger partial charge in [-0.3, -0.25) is 9.59 Å². The third-order valence-corrected chi connectivity index (χ3v) is 8.50. The minimum Gasteiger partial charge on any atom is -0.405 e. The Morgan fingerprint density at radius 2 is 1.55 bits per heavy atom. The summed E-state index contributed by atoms with van der Waals surface area (Å²) in [6, 6.07) is 32.9. The average molecular weight is 528 g/mol. The summed E-state index contributed by atoms with van der Waals surface area (Å²) in [6.45, 7) is 0.641. The number of hydrogen-bond donors (Lipinski definition) is 2. The van der Waals surface area contributed by atoms with Crippen molar-refractivity contribution in [2.24, 2.45) is 11.1 Å². The van der Waals surface area contributed by atoms with E-state index in [1.165, 1.54) is 11.1 Å². The van der Waals surface area contributed by atoms with Gasteiger partial charge >= 0.3 is 0 Å². The first-order chi connectivity index (χ1) is 19.6. The number of carbonyl (C=O) groups is 2. The van der Waals surface area contributed by atoms with Gasteiger partial charge in [0.25, 0.3) is 11.8 Å². The standard InChI is InChI=1S/C35H33N3O2/c36-24-28-12-8-20-35(28)21-22-38(32-15-7-4-11-27(32)23-35)34(40)26-16-18-29(19-17-26)37-33(39)31-14-6-5-13-30(31)25-9-2-1-3-10-25/h1-7,9-11,13-19,24H,8,12,20-23,36H2,(H,37,39). The van der Waals surface area contributed by atoms with Crippen LogP contribution in [0.1, 0.15) is 52.0 Å². The van der Waals surface area contributed by atoms with Crippen LogP contribution in [0.4, 0.5) is 11.4 Å². The van der Waals surface area contributed by atoms with E-state index in [9.17, 15) is 9.59 Å². The summed E-state index contributed by atoms with van der Waals surface area (Å²) >= 11 is 0. The number of para-hydroxylation sites is 1. The topological polar surface area (TPSA) is 75.4 Å². The molecule has 6 rings (SSSR count). The van der Waals surface area contributed by atoms with Gasteiger partial charge in [-0.25, -0.2) is 0 Å². The molecule has 0 saturated heterocycles. The fourth-order valence-electron chi connectivity index (χ4n) is 6.43. The molecule has 3 N–H and O–H groups in total. The number of nitrogens with one attached hydrogen (secondary N) is 1. The molecule has 1 saturated carbocycles. The van der Waals surface area contributed by atoms with Crippen LogP contribution >= 0.6 is 0 Å². The van der Waals surface area contributed by atoms with E-state index >= 15 is 0 Å². The Morgan fingerprint density at radius 1 is 0.825 bits per heavy atom. The third kappa shape index (κ3) is 4.79. The largest absolute Gasteiger partial charge is 0.405 e. The van der Waals surface area contributed by atoms with Gasteiger partial charge in [0.05, 0.1) is 0 Å². The molecule has 40 heavy (non-hydrogen) atoms. The molecule has 1 heterocycles. The smallest absolute Gasteiger partial charge is 0.258 e. The lowest BCUT2D eigenvalue weighted by Gasteiger charge is -2.30. The molecule has 5 nitrogen and oxygen atoms in total. The number of allylic oxidation sites excluding steroid dienone is 1. The van der Waals surface area contributed by atoms with Crippen molar-refractivity contribution in [3.63, 3.8) is 0 Å².